The maximum absolute atomic E-state index is 7.00. The zero-order valence-electron chi connectivity index (χ0n) is 19.9. The molecule has 0 bridgehead atoms. The Morgan fingerprint density at radius 3 is 1.45 bits per heavy atom. The molecule has 1 nitrogen and oxygen atoms in total. The molecule has 0 aliphatic carbocycles. The molecular weight excluding hydrogens is 372 g/mol. The van der Waals surface area contributed by atoms with Crippen molar-refractivity contribution in [3.63, 3.8) is 0 Å². The van der Waals surface area contributed by atoms with Gasteiger partial charge >= 0.3 is 0 Å². The lowest BCUT2D eigenvalue weighted by Gasteiger charge is -1.91. The van der Waals surface area contributed by atoms with Gasteiger partial charge in [0, 0.05) is 7.11 Å². The van der Waals surface area contributed by atoms with Crippen molar-refractivity contribution < 1.29 is 5.11 Å². The summed E-state index contributed by atoms with van der Waals surface area (Å²) in [7, 11) is 1.00. The van der Waals surface area contributed by atoms with E-state index < -0.39 is 0 Å². The molecule has 1 aromatic heterocycles. The lowest BCUT2D eigenvalue weighted by atomic mass is 10.2. The van der Waals surface area contributed by atoms with Crippen molar-refractivity contribution in [2.45, 2.75) is 91.9 Å². The summed E-state index contributed by atoms with van der Waals surface area (Å²) in [6.07, 6.45) is 15.6. The second-order valence-electron chi connectivity index (χ2n) is 6.65. The molecule has 0 radical (unpaired) electrons. The van der Waals surface area contributed by atoms with Crippen LogP contribution in [0.3, 0.4) is 0 Å². The summed E-state index contributed by atoms with van der Waals surface area (Å²) in [4.78, 5) is 0. The third kappa shape index (κ3) is 37.9. The van der Waals surface area contributed by atoms with Gasteiger partial charge in [-0.3, -0.25) is 0 Å². The van der Waals surface area contributed by atoms with E-state index in [1.54, 1.807) is 11.3 Å². The maximum atomic E-state index is 7.00. The molecule has 0 amide bonds. The molecular formula is C27H48OS. The van der Waals surface area contributed by atoms with E-state index in [0.717, 1.165) is 7.11 Å². The van der Waals surface area contributed by atoms with Gasteiger partial charge in [0.2, 0.25) is 0 Å². The third-order valence-electron chi connectivity index (χ3n) is 3.83. The number of hydrogen-bond acceptors (Lipinski definition) is 2. The molecule has 2 heteroatoms. The van der Waals surface area contributed by atoms with Crippen molar-refractivity contribution in [2.24, 2.45) is 0 Å². The van der Waals surface area contributed by atoms with Gasteiger partial charge in [-0.1, -0.05) is 126 Å². The highest BCUT2D eigenvalue weighted by atomic mass is 32.1. The van der Waals surface area contributed by atoms with Crippen LogP contribution in [0, 0.1) is 6.92 Å². The highest BCUT2D eigenvalue weighted by Crippen LogP contribution is 2.01. The Labute approximate surface area is 186 Å². The molecule has 2 rings (SSSR count). The maximum Gasteiger partial charge on any atom is 0.0319 e. The van der Waals surface area contributed by atoms with E-state index in [0.29, 0.717) is 0 Å². The van der Waals surface area contributed by atoms with Crippen LogP contribution < -0.4 is 0 Å². The minimum absolute atomic E-state index is 1.00. The van der Waals surface area contributed by atoms with Gasteiger partial charge < -0.3 is 5.11 Å². The van der Waals surface area contributed by atoms with E-state index in [-0.39, 0.29) is 0 Å². The number of aliphatic hydroxyl groups excluding tert-OH is 1. The van der Waals surface area contributed by atoms with Crippen LogP contribution in [0.1, 0.15) is 90.5 Å². The SMILES string of the molecule is C=CCCCCCC.CCCCCCC.CO.Cc1ccccc1.c1ccsc1. The van der Waals surface area contributed by atoms with Crippen LogP contribution >= 0.6 is 11.3 Å². The Hall–Kier alpha value is -1.38. The number of rotatable bonds is 9. The molecule has 0 aliphatic rings. The van der Waals surface area contributed by atoms with Gasteiger partial charge in [-0.25, -0.2) is 0 Å². The number of benzene rings is 1. The van der Waals surface area contributed by atoms with Gasteiger partial charge in [0.1, 0.15) is 0 Å². The Balaban J connectivity index is -0.000000304. The minimum atomic E-state index is 1.00. The number of aryl methyl sites for hydroxylation is 1. The Morgan fingerprint density at radius 1 is 0.724 bits per heavy atom. The van der Waals surface area contributed by atoms with Crippen LogP contribution in [0.4, 0.5) is 0 Å². The summed E-state index contributed by atoms with van der Waals surface area (Å²) in [6, 6.07) is 14.3. The number of aliphatic hydroxyl groups is 1. The van der Waals surface area contributed by atoms with Crippen LogP contribution in [0.2, 0.25) is 0 Å². The topological polar surface area (TPSA) is 20.2 Å². The summed E-state index contributed by atoms with van der Waals surface area (Å²) in [5.41, 5.74) is 1.32. The predicted octanol–water partition coefficient (Wildman–Crippen LogP) is 9.47. The van der Waals surface area contributed by atoms with Crippen LogP contribution in [0.25, 0.3) is 0 Å². The Morgan fingerprint density at radius 2 is 1.17 bits per heavy atom. The summed E-state index contributed by atoms with van der Waals surface area (Å²) in [6.45, 7) is 12.5. The van der Waals surface area contributed by atoms with E-state index in [1.165, 1.54) is 69.8 Å². The first-order chi connectivity index (χ1) is 14.2. The fraction of sp³-hybridized carbons (Fsp3) is 0.556. The largest absolute Gasteiger partial charge is 0.400 e. The lowest BCUT2D eigenvalue weighted by Crippen LogP contribution is -1.71. The first-order valence-corrected chi connectivity index (χ1v) is 12.2. The lowest BCUT2D eigenvalue weighted by molar-refractivity contribution is 0.399. The average molecular weight is 421 g/mol. The summed E-state index contributed by atoms with van der Waals surface area (Å²) in [5, 5.41) is 11.1. The Kier molecular flexibility index (Phi) is 38.0. The molecule has 0 spiro atoms. The van der Waals surface area contributed by atoms with Crippen LogP contribution in [0.15, 0.2) is 65.9 Å². The monoisotopic (exact) mass is 420 g/mol. The third-order valence-corrected chi connectivity index (χ3v) is 4.46. The molecule has 0 saturated heterocycles. The molecule has 0 atom stereocenters. The first kappa shape index (κ1) is 32.3. The quantitative estimate of drug-likeness (QED) is 0.316. The molecule has 1 N–H and O–H groups in total. The number of hydrogen-bond donors (Lipinski definition) is 1. The Bertz CT molecular complexity index is 429. The zero-order valence-corrected chi connectivity index (χ0v) is 20.7. The van der Waals surface area contributed by atoms with Crippen molar-refractivity contribution in [3.05, 3.63) is 71.4 Å². The molecule has 0 saturated carbocycles. The van der Waals surface area contributed by atoms with E-state index in [4.69, 9.17) is 5.11 Å². The van der Waals surface area contributed by atoms with Crippen LogP contribution in [-0.2, 0) is 0 Å². The van der Waals surface area contributed by atoms with Gasteiger partial charge in [-0.2, -0.15) is 11.3 Å². The smallest absolute Gasteiger partial charge is 0.0319 e. The van der Waals surface area contributed by atoms with Crippen molar-refractivity contribution in [1.29, 1.82) is 0 Å². The zero-order chi connectivity index (χ0) is 22.4. The number of unbranched alkanes of at least 4 members (excludes halogenated alkanes) is 8. The second kappa shape index (κ2) is 34.1. The van der Waals surface area contributed by atoms with Gasteiger partial charge in [0.25, 0.3) is 0 Å². The molecule has 0 aliphatic heterocycles. The van der Waals surface area contributed by atoms with Gasteiger partial charge in [-0.05, 0) is 30.5 Å². The molecule has 0 unspecified atom stereocenters. The molecule has 1 aromatic carbocycles. The fourth-order valence-electron chi connectivity index (χ4n) is 2.15. The number of allylic oxidation sites excluding steroid dienone is 1. The highest BCUT2D eigenvalue weighted by molar-refractivity contribution is 7.07. The van der Waals surface area contributed by atoms with Crippen molar-refractivity contribution in [1.82, 2.24) is 0 Å². The van der Waals surface area contributed by atoms with Crippen molar-refractivity contribution in [3.8, 4) is 0 Å². The second-order valence-corrected chi connectivity index (χ2v) is 7.46. The van der Waals surface area contributed by atoms with Gasteiger partial charge in [-0.15, -0.1) is 6.58 Å². The molecule has 0 fully saturated rings. The standard InChI is InChI=1S/C8H16.C7H8.C7H16.C4H4S.CH4O/c1-3-5-7-8-6-4-2;1-7-5-3-2-4-6-7;1-3-5-7-6-4-2;1-2-4-5-3-1;1-2/h3H,1,4-8H2,2H3;2-6H,1H3;3-7H2,1-2H3;1-4H;2H,1H3. The van der Waals surface area contributed by atoms with Gasteiger partial charge in [0.05, 0.1) is 0 Å². The average Bonchev–Trinajstić information content (AvgIpc) is 3.35. The van der Waals surface area contributed by atoms with E-state index >= 15 is 0 Å². The van der Waals surface area contributed by atoms with E-state index in [9.17, 15) is 0 Å². The van der Waals surface area contributed by atoms with E-state index in [2.05, 4.69) is 46.4 Å². The first-order valence-electron chi connectivity index (χ1n) is 11.3. The molecule has 1 heterocycles. The summed E-state index contributed by atoms with van der Waals surface area (Å²) in [5.74, 6) is 0. The minimum Gasteiger partial charge on any atom is -0.400 e. The fourth-order valence-corrected chi connectivity index (χ4v) is 2.61. The molecule has 168 valence electrons. The summed E-state index contributed by atoms with van der Waals surface area (Å²) >= 11 is 1.71. The van der Waals surface area contributed by atoms with Crippen molar-refractivity contribution in [2.75, 3.05) is 7.11 Å². The molecule has 2 aromatic rings. The normalized spacial score (nSPS) is 8.48. The van der Waals surface area contributed by atoms with Crippen molar-refractivity contribution >= 4 is 11.3 Å². The van der Waals surface area contributed by atoms with Crippen LogP contribution in [-0.4, -0.2) is 12.2 Å². The van der Waals surface area contributed by atoms with Crippen LogP contribution in [0.5, 0.6) is 0 Å². The summed E-state index contributed by atoms with van der Waals surface area (Å²) < 4.78 is 0. The van der Waals surface area contributed by atoms with E-state index in [1.807, 2.05) is 47.2 Å². The van der Waals surface area contributed by atoms with Gasteiger partial charge in [0.15, 0.2) is 0 Å². The molecule has 29 heavy (non-hydrogen) atoms. The predicted molar refractivity (Wildman–Crippen MR) is 137 cm³/mol. The highest BCUT2D eigenvalue weighted by Gasteiger charge is 1.81. The number of thiophene rings is 1.